The third kappa shape index (κ3) is 17.0. The van der Waals surface area contributed by atoms with Crippen LogP contribution in [0.3, 0.4) is 0 Å². The number of anilines is 1. The Kier molecular flexibility index (Phi) is 21.6. The molecule has 3 aliphatic rings. The Morgan fingerprint density at radius 3 is 2.15 bits per heavy atom. The van der Waals surface area contributed by atoms with Crippen LogP contribution in [0.15, 0.2) is 60.7 Å². The smallest absolute Gasteiger partial charge is 0.319 e. The molecule has 7 amide bonds. The summed E-state index contributed by atoms with van der Waals surface area (Å²) in [6.45, 7) is 10.8. The van der Waals surface area contributed by atoms with Crippen molar-refractivity contribution in [3.05, 3.63) is 66.2 Å². The first-order valence-electron chi connectivity index (χ1n) is 20.7. The maximum atomic E-state index is 13.6. The van der Waals surface area contributed by atoms with Gasteiger partial charge in [0.05, 0.1) is 32.8 Å². The second-order valence-electron chi connectivity index (χ2n) is 15.1. The van der Waals surface area contributed by atoms with Crippen LogP contribution in [0.25, 0.3) is 0 Å². The highest BCUT2D eigenvalue weighted by molar-refractivity contribution is 5.94. The molecule has 330 valence electrons. The topological polar surface area (TPSA) is 213 Å². The van der Waals surface area contributed by atoms with Gasteiger partial charge in [0.15, 0.2) is 0 Å². The lowest BCUT2D eigenvalue weighted by Crippen LogP contribution is -2.56. The molecule has 0 saturated carbocycles. The van der Waals surface area contributed by atoms with Gasteiger partial charge in [-0.15, -0.1) is 0 Å². The molecule has 0 radical (unpaired) electrons. The van der Waals surface area contributed by atoms with Crippen molar-refractivity contribution >= 4 is 47.7 Å². The summed E-state index contributed by atoms with van der Waals surface area (Å²) in [6, 6.07) is 16.7. The average molecular weight is 837 g/mol. The molecule has 0 bridgehead atoms. The van der Waals surface area contributed by atoms with E-state index in [0.29, 0.717) is 64.1 Å². The number of morpholine rings is 1. The van der Waals surface area contributed by atoms with E-state index in [1.165, 1.54) is 15.4 Å². The number of carbonyl (C=O) groups excluding carboxylic acids is 7. The van der Waals surface area contributed by atoms with E-state index in [1.54, 1.807) is 38.2 Å². The fourth-order valence-electron chi connectivity index (χ4n) is 7.16. The lowest BCUT2D eigenvalue weighted by molar-refractivity contribution is -0.148. The van der Waals surface area contributed by atoms with Crippen LogP contribution in [0.1, 0.15) is 64.4 Å². The number of hydrogen-bond acceptors (Lipinski definition) is 10. The van der Waals surface area contributed by atoms with E-state index in [1.807, 2.05) is 36.1 Å². The van der Waals surface area contributed by atoms with Crippen LogP contribution in [0.2, 0.25) is 0 Å². The van der Waals surface area contributed by atoms with Gasteiger partial charge in [0.25, 0.3) is 6.47 Å². The molecule has 3 heterocycles. The van der Waals surface area contributed by atoms with Crippen LogP contribution in [0.4, 0.5) is 10.5 Å². The number of nitrogens with two attached hydrogens (primary N) is 1. The third-order valence-electron chi connectivity index (χ3n) is 10.5. The summed E-state index contributed by atoms with van der Waals surface area (Å²) in [5, 5.41) is 7.72. The highest BCUT2D eigenvalue weighted by atomic mass is 16.5. The minimum atomic E-state index is -0.777. The van der Waals surface area contributed by atoms with Crippen LogP contribution >= 0.6 is 0 Å². The van der Waals surface area contributed by atoms with Crippen LogP contribution in [-0.2, 0) is 38.2 Å². The lowest BCUT2D eigenvalue weighted by Gasteiger charge is -2.34. The van der Waals surface area contributed by atoms with Crippen molar-refractivity contribution < 1.29 is 43.0 Å². The number of para-hydroxylation sites is 1. The first kappa shape index (κ1) is 48.8. The summed E-state index contributed by atoms with van der Waals surface area (Å²) in [5.41, 5.74) is 6.84. The number of aryl methyl sites for hydroxylation is 1. The minimum absolute atomic E-state index is 0.00421. The molecule has 2 aromatic carbocycles. The minimum Gasteiger partial charge on any atom is -0.467 e. The van der Waals surface area contributed by atoms with Crippen molar-refractivity contribution in [1.29, 1.82) is 0 Å². The molecular weight excluding hydrogens is 773 g/mol. The van der Waals surface area contributed by atoms with Crippen molar-refractivity contribution in [2.45, 2.75) is 89.9 Å². The summed E-state index contributed by atoms with van der Waals surface area (Å²) < 4.78 is 10.1. The molecule has 5 N–H and O–H groups in total. The highest BCUT2D eigenvalue weighted by Gasteiger charge is 2.39. The number of likely N-dealkylation sites (N-methyl/N-ethyl adjacent to an activating group) is 1. The van der Waals surface area contributed by atoms with Gasteiger partial charge in [-0.25, -0.2) is 4.79 Å². The number of primary amides is 1. The van der Waals surface area contributed by atoms with E-state index in [0.717, 1.165) is 32.5 Å². The SMILES string of the molecule is CC(NC(=O)C(CCCN1CCOCC1)N(C)C(=O)C1CCCN1C(=O)CCOC=O)C(=O)N1CCCC1C.Cc1ccccc1.NC(=O)CNC(=O)Nc1ccccc1. The number of hydrogen-bond donors (Lipinski definition) is 4. The van der Waals surface area contributed by atoms with Gasteiger partial charge in [-0.05, 0) is 78.0 Å². The Bertz CT molecular complexity index is 1660. The van der Waals surface area contributed by atoms with Gasteiger partial charge in [0, 0.05) is 45.0 Å². The van der Waals surface area contributed by atoms with Crippen molar-refractivity contribution in [1.82, 2.24) is 30.2 Å². The van der Waals surface area contributed by atoms with Gasteiger partial charge >= 0.3 is 6.03 Å². The van der Waals surface area contributed by atoms with Gasteiger partial charge in [-0.3, -0.25) is 33.7 Å². The number of benzene rings is 2. The van der Waals surface area contributed by atoms with E-state index >= 15 is 0 Å². The zero-order chi connectivity index (χ0) is 43.9. The second-order valence-corrected chi connectivity index (χ2v) is 15.1. The maximum absolute atomic E-state index is 13.6. The summed E-state index contributed by atoms with van der Waals surface area (Å²) in [5.74, 6) is -1.60. The van der Waals surface area contributed by atoms with E-state index in [2.05, 4.69) is 44.6 Å². The average Bonchev–Trinajstić information content (AvgIpc) is 3.92. The van der Waals surface area contributed by atoms with Gasteiger partial charge in [-0.1, -0.05) is 54.1 Å². The Morgan fingerprint density at radius 2 is 1.57 bits per heavy atom. The summed E-state index contributed by atoms with van der Waals surface area (Å²) >= 11 is 0. The lowest BCUT2D eigenvalue weighted by atomic mass is 10.1. The number of rotatable bonds is 16. The molecule has 5 rings (SSSR count). The molecule has 17 nitrogen and oxygen atoms in total. The zero-order valence-corrected chi connectivity index (χ0v) is 35.5. The quantitative estimate of drug-likeness (QED) is 0.143. The van der Waals surface area contributed by atoms with Gasteiger partial charge in [-0.2, -0.15) is 0 Å². The Labute approximate surface area is 353 Å². The summed E-state index contributed by atoms with van der Waals surface area (Å²) in [7, 11) is 1.60. The first-order chi connectivity index (χ1) is 28.8. The largest absolute Gasteiger partial charge is 0.467 e. The van der Waals surface area contributed by atoms with Crippen LogP contribution < -0.4 is 21.7 Å². The molecule has 4 atom stereocenters. The van der Waals surface area contributed by atoms with Crippen LogP contribution in [0.5, 0.6) is 0 Å². The molecule has 0 spiro atoms. The molecule has 2 aromatic rings. The van der Waals surface area contributed by atoms with E-state index in [9.17, 15) is 33.6 Å². The summed E-state index contributed by atoms with van der Waals surface area (Å²) in [6.07, 6.45) is 4.21. The third-order valence-corrected chi connectivity index (χ3v) is 10.5. The van der Waals surface area contributed by atoms with E-state index in [4.69, 9.17) is 10.5 Å². The van der Waals surface area contributed by atoms with Gasteiger partial charge in [0.1, 0.15) is 18.1 Å². The number of urea groups is 1. The molecule has 3 aliphatic heterocycles. The number of carbonyl (C=O) groups is 7. The first-order valence-corrected chi connectivity index (χ1v) is 20.7. The van der Waals surface area contributed by atoms with E-state index in [-0.39, 0.29) is 49.2 Å². The monoisotopic (exact) mass is 836 g/mol. The number of ether oxygens (including phenoxy) is 2. The standard InChI is InChI=1S/C27H45N5O7.C9H11N3O2.C7H8/c1-20-7-4-12-31(20)26(36)21(2)28-25(35)22(8-5-11-30-14-17-38-18-15-30)29(3)27(37)23-9-6-13-32(23)24(34)10-16-39-19-33;10-8(13)6-11-9(14)12-7-4-2-1-3-5-7;1-7-5-3-2-4-6-7/h19-23H,4-18H2,1-3H3,(H,28,35);1-5H,6H2,(H2,10,13)(H2,11,12,14);2-6H,1H3. The van der Waals surface area contributed by atoms with Crippen molar-refractivity contribution in [3.8, 4) is 0 Å². The second kappa shape index (κ2) is 26.5. The predicted octanol–water partition coefficient (Wildman–Crippen LogP) is 2.28. The van der Waals surface area contributed by atoms with Crippen LogP contribution in [-0.4, -0.2) is 152 Å². The van der Waals surface area contributed by atoms with Gasteiger partial charge in [0.2, 0.25) is 29.5 Å². The van der Waals surface area contributed by atoms with Crippen LogP contribution in [0, 0.1) is 6.92 Å². The Hall–Kier alpha value is -5.55. The highest BCUT2D eigenvalue weighted by Crippen LogP contribution is 2.23. The van der Waals surface area contributed by atoms with E-state index < -0.39 is 30.1 Å². The molecule has 4 unspecified atom stereocenters. The van der Waals surface area contributed by atoms with Crippen molar-refractivity contribution in [2.75, 3.05) is 71.5 Å². The number of likely N-dealkylation sites (tertiary alicyclic amines) is 2. The summed E-state index contributed by atoms with van der Waals surface area (Å²) in [4.78, 5) is 91.8. The molecule has 3 fully saturated rings. The molecule has 0 aromatic heterocycles. The normalized spacial score (nSPS) is 18.3. The zero-order valence-electron chi connectivity index (χ0n) is 35.5. The molecule has 17 heteroatoms. The Balaban J connectivity index is 0.000000370. The number of nitrogens with zero attached hydrogens (tertiary/aromatic N) is 4. The predicted molar refractivity (Wildman–Crippen MR) is 226 cm³/mol. The molecule has 60 heavy (non-hydrogen) atoms. The van der Waals surface area contributed by atoms with Crippen molar-refractivity contribution in [3.63, 3.8) is 0 Å². The fraction of sp³-hybridized carbons (Fsp3) is 0.558. The molecular formula is C43H64N8O9. The van der Waals surface area contributed by atoms with Crippen molar-refractivity contribution in [2.24, 2.45) is 5.73 Å². The number of amides is 7. The molecule has 3 saturated heterocycles. The Morgan fingerprint density at radius 1 is 0.933 bits per heavy atom. The maximum Gasteiger partial charge on any atom is 0.319 e. The number of nitrogens with one attached hydrogen (secondary N) is 3. The van der Waals surface area contributed by atoms with Gasteiger partial charge < -0.3 is 45.9 Å². The molecule has 0 aliphatic carbocycles. The fourth-order valence-corrected chi connectivity index (χ4v) is 7.16.